The summed E-state index contributed by atoms with van der Waals surface area (Å²) in [5.74, 6) is 0.702. The lowest BCUT2D eigenvalue weighted by Crippen LogP contribution is -2.10. The lowest BCUT2D eigenvalue weighted by Gasteiger charge is -2.07. The van der Waals surface area contributed by atoms with Gasteiger partial charge in [-0.25, -0.2) is 0 Å². The molecule has 0 bridgehead atoms. The molecule has 0 spiro atoms. The van der Waals surface area contributed by atoms with E-state index in [-0.39, 0.29) is 0 Å². The molecule has 0 rings (SSSR count). The number of carbonyl (C=O) groups is 1. The second-order valence-corrected chi connectivity index (χ2v) is 3.49. The molecule has 1 N–H and O–H groups in total. The van der Waals surface area contributed by atoms with Crippen LogP contribution in [0.15, 0.2) is 36.6 Å². The normalized spacial score (nSPS) is 11.5. The Morgan fingerprint density at radius 2 is 1.93 bits per heavy atom. The Kier molecular flexibility index (Phi) is 8.88. The van der Waals surface area contributed by atoms with Crippen LogP contribution in [0, 0.1) is 0 Å². The molecule has 1 amide bonds. The van der Waals surface area contributed by atoms with Crippen LogP contribution in [-0.4, -0.2) is 12.3 Å². The average molecular weight is 228 g/mol. The fraction of sp³-hybridized carbons (Fsp3) is 0.417. The summed E-state index contributed by atoms with van der Waals surface area (Å²) in [6, 6.07) is 0. The number of unbranched alkanes of at least 4 members (excludes halogenated alkanes) is 2. The Morgan fingerprint density at radius 3 is 2.40 bits per heavy atom. The van der Waals surface area contributed by atoms with Crippen molar-refractivity contribution >= 4 is 18.0 Å². The highest BCUT2D eigenvalue weighted by atomic mass is 35.5. The third kappa shape index (κ3) is 6.13. The van der Waals surface area contributed by atoms with Crippen molar-refractivity contribution in [3.63, 3.8) is 0 Å². The molecule has 15 heavy (non-hydrogen) atoms. The summed E-state index contributed by atoms with van der Waals surface area (Å²) < 4.78 is 0. The molecule has 0 unspecified atom stereocenters. The number of alkyl halides is 1. The van der Waals surface area contributed by atoms with Gasteiger partial charge in [0.2, 0.25) is 6.41 Å². The molecule has 0 saturated carbocycles. The first-order valence-electron chi connectivity index (χ1n) is 5.04. The summed E-state index contributed by atoms with van der Waals surface area (Å²) in [5.41, 5.74) is 1.76. The zero-order chi connectivity index (χ0) is 11.5. The SMILES string of the molecule is C=C/C(CCCCCCl)=C(\C=C)NC=O. The summed E-state index contributed by atoms with van der Waals surface area (Å²) in [4.78, 5) is 10.3. The number of halogens is 1. The third-order valence-corrected chi connectivity index (χ3v) is 2.36. The highest BCUT2D eigenvalue weighted by Gasteiger charge is 1.99. The minimum Gasteiger partial charge on any atom is -0.328 e. The van der Waals surface area contributed by atoms with Gasteiger partial charge in [0, 0.05) is 11.6 Å². The standard InChI is InChI=1S/C12H18ClNO/c1-3-11(8-6-5-7-9-13)12(4-2)14-10-15/h3-4,10H,1-2,5-9H2,(H,14,15)/b12-11-. The van der Waals surface area contributed by atoms with Crippen molar-refractivity contribution in [1.29, 1.82) is 0 Å². The van der Waals surface area contributed by atoms with Crippen molar-refractivity contribution < 1.29 is 4.79 Å². The summed E-state index contributed by atoms with van der Waals surface area (Å²) in [6.45, 7) is 7.37. The smallest absolute Gasteiger partial charge is 0.211 e. The molecule has 0 saturated heterocycles. The van der Waals surface area contributed by atoms with E-state index >= 15 is 0 Å². The predicted molar refractivity (Wildman–Crippen MR) is 65.8 cm³/mol. The number of allylic oxidation sites excluding steroid dienone is 3. The summed E-state index contributed by atoms with van der Waals surface area (Å²) >= 11 is 5.58. The molecule has 0 atom stereocenters. The van der Waals surface area contributed by atoms with Gasteiger partial charge in [0.05, 0.1) is 0 Å². The van der Waals surface area contributed by atoms with Crippen molar-refractivity contribution in [3.05, 3.63) is 36.6 Å². The van der Waals surface area contributed by atoms with Gasteiger partial charge < -0.3 is 5.32 Å². The maximum absolute atomic E-state index is 10.3. The summed E-state index contributed by atoms with van der Waals surface area (Å²) in [6.07, 6.45) is 8.10. The van der Waals surface area contributed by atoms with E-state index in [0.29, 0.717) is 12.3 Å². The number of rotatable bonds is 9. The van der Waals surface area contributed by atoms with E-state index in [4.69, 9.17) is 11.6 Å². The molecule has 0 aromatic heterocycles. The fourth-order valence-corrected chi connectivity index (χ4v) is 1.47. The Balaban J connectivity index is 4.23. The molecule has 0 aromatic carbocycles. The highest BCUT2D eigenvalue weighted by molar-refractivity contribution is 6.17. The maximum atomic E-state index is 10.3. The topological polar surface area (TPSA) is 29.1 Å². The fourth-order valence-electron chi connectivity index (χ4n) is 1.28. The average Bonchev–Trinajstić information content (AvgIpc) is 2.27. The second kappa shape index (κ2) is 9.53. The van der Waals surface area contributed by atoms with E-state index in [1.165, 1.54) is 0 Å². The van der Waals surface area contributed by atoms with E-state index in [0.717, 1.165) is 37.0 Å². The minimum atomic E-state index is 0.652. The number of carbonyl (C=O) groups excluding carboxylic acids is 1. The van der Waals surface area contributed by atoms with E-state index < -0.39 is 0 Å². The molecule has 3 heteroatoms. The predicted octanol–water partition coefficient (Wildman–Crippen LogP) is 3.16. The first-order valence-corrected chi connectivity index (χ1v) is 5.57. The minimum absolute atomic E-state index is 0.652. The molecular formula is C12H18ClNO. The van der Waals surface area contributed by atoms with Crippen molar-refractivity contribution in [2.24, 2.45) is 0 Å². The largest absolute Gasteiger partial charge is 0.328 e. The number of hydrogen-bond donors (Lipinski definition) is 1. The highest BCUT2D eigenvalue weighted by Crippen LogP contribution is 2.14. The van der Waals surface area contributed by atoms with Crippen LogP contribution < -0.4 is 5.32 Å². The lowest BCUT2D eigenvalue weighted by atomic mass is 10.1. The van der Waals surface area contributed by atoms with Gasteiger partial charge in [-0.3, -0.25) is 4.79 Å². The number of hydrogen-bond acceptors (Lipinski definition) is 1. The second-order valence-electron chi connectivity index (χ2n) is 3.11. The van der Waals surface area contributed by atoms with Crippen LogP contribution in [0.2, 0.25) is 0 Å². The summed E-state index contributed by atoms with van der Waals surface area (Å²) in [5, 5.41) is 2.61. The van der Waals surface area contributed by atoms with Crippen LogP contribution in [0.1, 0.15) is 25.7 Å². The van der Waals surface area contributed by atoms with E-state index in [1.54, 1.807) is 12.2 Å². The zero-order valence-electron chi connectivity index (χ0n) is 8.97. The Bertz CT molecular complexity index is 246. The number of nitrogens with one attached hydrogen (secondary N) is 1. The van der Waals surface area contributed by atoms with Crippen molar-refractivity contribution in [3.8, 4) is 0 Å². The van der Waals surface area contributed by atoms with Gasteiger partial charge in [-0.1, -0.05) is 25.7 Å². The van der Waals surface area contributed by atoms with Crippen LogP contribution in [0.4, 0.5) is 0 Å². The van der Waals surface area contributed by atoms with E-state index in [2.05, 4.69) is 18.5 Å². The van der Waals surface area contributed by atoms with Crippen LogP contribution in [0.3, 0.4) is 0 Å². The molecule has 2 nitrogen and oxygen atoms in total. The van der Waals surface area contributed by atoms with Crippen molar-refractivity contribution in [2.75, 3.05) is 5.88 Å². The van der Waals surface area contributed by atoms with Crippen LogP contribution in [-0.2, 0) is 4.79 Å². The molecule has 84 valence electrons. The molecule has 0 heterocycles. The quantitative estimate of drug-likeness (QED) is 0.279. The molecule has 0 aliphatic heterocycles. The van der Waals surface area contributed by atoms with Gasteiger partial charge in [0.15, 0.2) is 0 Å². The van der Waals surface area contributed by atoms with Crippen molar-refractivity contribution in [1.82, 2.24) is 5.32 Å². The number of amides is 1. The molecule has 0 fully saturated rings. The monoisotopic (exact) mass is 227 g/mol. The van der Waals surface area contributed by atoms with Gasteiger partial charge in [0.25, 0.3) is 0 Å². The van der Waals surface area contributed by atoms with Crippen molar-refractivity contribution in [2.45, 2.75) is 25.7 Å². The van der Waals surface area contributed by atoms with Gasteiger partial charge in [-0.05, 0) is 30.9 Å². The Morgan fingerprint density at radius 1 is 1.20 bits per heavy atom. The first-order chi connectivity index (χ1) is 7.29. The Hall–Kier alpha value is -1.02. The van der Waals surface area contributed by atoms with Gasteiger partial charge in [-0.15, -0.1) is 11.6 Å². The van der Waals surface area contributed by atoms with Crippen LogP contribution in [0.25, 0.3) is 0 Å². The first kappa shape index (κ1) is 14.0. The van der Waals surface area contributed by atoms with Gasteiger partial charge in [0.1, 0.15) is 0 Å². The molecule has 0 aliphatic rings. The lowest BCUT2D eigenvalue weighted by molar-refractivity contribution is -0.108. The van der Waals surface area contributed by atoms with Crippen LogP contribution >= 0.6 is 11.6 Å². The van der Waals surface area contributed by atoms with Crippen LogP contribution in [0.5, 0.6) is 0 Å². The molecule has 0 radical (unpaired) electrons. The molecule has 0 aliphatic carbocycles. The molecule has 0 aromatic rings. The third-order valence-electron chi connectivity index (χ3n) is 2.09. The zero-order valence-corrected chi connectivity index (χ0v) is 9.72. The summed E-state index contributed by atoms with van der Waals surface area (Å²) in [7, 11) is 0. The van der Waals surface area contributed by atoms with Gasteiger partial charge >= 0.3 is 0 Å². The van der Waals surface area contributed by atoms with E-state index in [9.17, 15) is 4.79 Å². The maximum Gasteiger partial charge on any atom is 0.211 e. The van der Waals surface area contributed by atoms with E-state index in [1.807, 2.05) is 0 Å². The Labute approximate surface area is 96.7 Å². The molecular weight excluding hydrogens is 210 g/mol. The van der Waals surface area contributed by atoms with Gasteiger partial charge in [-0.2, -0.15) is 0 Å².